The van der Waals surface area contributed by atoms with E-state index < -0.39 is 5.97 Å². The molecule has 1 heterocycles. The fourth-order valence-corrected chi connectivity index (χ4v) is 1.82. The van der Waals surface area contributed by atoms with Crippen LogP contribution >= 0.6 is 0 Å². The number of ether oxygens (including phenoxy) is 2. The summed E-state index contributed by atoms with van der Waals surface area (Å²) in [5, 5.41) is 8.66. The lowest BCUT2D eigenvalue weighted by Crippen LogP contribution is -2.00. The molecular weight excluding hydrogens is 282 g/mol. The van der Waals surface area contributed by atoms with E-state index >= 15 is 0 Å². The first kappa shape index (κ1) is 15.6. The maximum absolute atomic E-state index is 10.6. The highest BCUT2D eigenvalue weighted by molar-refractivity contribution is 5.85. The van der Waals surface area contributed by atoms with Crippen LogP contribution in [0.3, 0.4) is 0 Å². The Morgan fingerprint density at radius 1 is 1.18 bits per heavy atom. The Labute approximate surface area is 128 Å². The molecule has 0 aliphatic heterocycles. The summed E-state index contributed by atoms with van der Waals surface area (Å²) < 4.78 is 11.3. The lowest BCUT2D eigenvalue weighted by atomic mass is 10.2. The second kappa shape index (κ2) is 7.83. The first-order valence-corrected chi connectivity index (χ1v) is 6.88. The highest BCUT2D eigenvalue weighted by atomic mass is 16.5. The minimum absolute atomic E-state index is 0.410. The summed E-state index contributed by atoms with van der Waals surface area (Å²) in [7, 11) is 0. The van der Waals surface area contributed by atoms with Crippen LogP contribution in [0.5, 0.6) is 11.5 Å². The van der Waals surface area contributed by atoms with Crippen molar-refractivity contribution in [2.45, 2.75) is 13.5 Å². The van der Waals surface area contributed by atoms with Gasteiger partial charge in [-0.25, -0.2) is 4.79 Å². The predicted molar refractivity (Wildman–Crippen MR) is 82.8 cm³/mol. The first-order chi connectivity index (χ1) is 10.7. The normalized spacial score (nSPS) is 10.6. The number of carboxylic acid groups (broad SMARTS) is 1. The van der Waals surface area contributed by atoms with Crippen LogP contribution < -0.4 is 9.47 Å². The van der Waals surface area contributed by atoms with Crippen LogP contribution in [-0.4, -0.2) is 22.7 Å². The third-order valence-corrected chi connectivity index (χ3v) is 2.83. The van der Waals surface area contributed by atoms with E-state index in [0.717, 1.165) is 17.2 Å². The van der Waals surface area contributed by atoms with Crippen molar-refractivity contribution in [3.05, 3.63) is 59.9 Å². The van der Waals surface area contributed by atoms with Gasteiger partial charge < -0.3 is 14.6 Å². The number of hydrogen-bond acceptors (Lipinski definition) is 4. The Morgan fingerprint density at radius 2 is 1.95 bits per heavy atom. The summed E-state index contributed by atoms with van der Waals surface area (Å²) in [6.07, 6.45) is 6.02. The zero-order valence-electron chi connectivity index (χ0n) is 12.2. The Morgan fingerprint density at radius 3 is 2.64 bits per heavy atom. The molecule has 1 N–H and O–H groups in total. The van der Waals surface area contributed by atoms with E-state index in [2.05, 4.69) is 4.98 Å². The maximum Gasteiger partial charge on any atom is 0.328 e. The Bertz CT molecular complexity index is 653. The van der Waals surface area contributed by atoms with Crippen molar-refractivity contribution in [2.24, 2.45) is 0 Å². The van der Waals surface area contributed by atoms with E-state index in [-0.39, 0.29) is 0 Å². The topological polar surface area (TPSA) is 68.7 Å². The molecule has 0 fully saturated rings. The highest BCUT2D eigenvalue weighted by Crippen LogP contribution is 2.29. The quantitative estimate of drug-likeness (QED) is 0.795. The number of nitrogens with zero attached hydrogens (tertiary/aromatic N) is 1. The van der Waals surface area contributed by atoms with Gasteiger partial charge in [0.1, 0.15) is 6.61 Å². The summed E-state index contributed by atoms with van der Waals surface area (Å²) in [5.41, 5.74) is 1.74. The molecule has 0 unspecified atom stereocenters. The molecule has 0 saturated heterocycles. The second-order valence-corrected chi connectivity index (χ2v) is 4.45. The van der Waals surface area contributed by atoms with Crippen LogP contribution in [0.1, 0.15) is 18.1 Å². The van der Waals surface area contributed by atoms with Crippen LogP contribution in [0.2, 0.25) is 0 Å². The molecular formula is C17H17NO4. The van der Waals surface area contributed by atoms with Gasteiger partial charge in [-0.15, -0.1) is 0 Å². The van der Waals surface area contributed by atoms with Gasteiger partial charge in [0.05, 0.1) is 6.61 Å². The van der Waals surface area contributed by atoms with Crippen molar-refractivity contribution >= 4 is 12.0 Å². The van der Waals surface area contributed by atoms with Crippen LogP contribution in [0.4, 0.5) is 0 Å². The smallest absolute Gasteiger partial charge is 0.328 e. The fourth-order valence-electron chi connectivity index (χ4n) is 1.82. The number of aliphatic carboxylic acids is 1. The van der Waals surface area contributed by atoms with Gasteiger partial charge in [-0.2, -0.15) is 0 Å². The average Bonchev–Trinajstić information content (AvgIpc) is 2.53. The van der Waals surface area contributed by atoms with Crippen molar-refractivity contribution in [3.8, 4) is 11.5 Å². The number of carboxylic acids is 1. The molecule has 0 aliphatic rings. The Hall–Kier alpha value is -2.82. The van der Waals surface area contributed by atoms with Gasteiger partial charge in [-0.3, -0.25) is 4.98 Å². The maximum atomic E-state index is 10.6. The van der Waals surface area contributed by atoms with Gasteiger partial charge in [0.15, 0.2) is 11.5 Å². The number of benzene rings is 1. The SMILES string of the molecule is CCOc1cc(/C=C/C(=O)O)ccc1OCc1ccncc1. The van der Waals surface area contributed by atoms with Crippen molar-refractivity contribution < 1.29 is 19.4 Å². The summed E-state index contributed by atoms with van der Waals surface area (Å²) in [5.74, 6) is 0.214. The molecule has 0 spiro atoms. The molecule has 0 saturated carbocycles. The van der Waals surface area contributed by atoms with E-state index in [1.807, 2.05) is 19.1 Å². The van der Waals surface area contributed by atoms with Crippen LogP contribution in [0.25, 0.3) is 6.08 Å². The van der Waals surface area contributed by atoms with Crippen LogP contribution in [0.15, 0.2) is 48.8 Å². The summed E-state index contributed by atoms with van der Waals surface area (Å²) in [6, 6.07) is 9.07. The summed E-state index contributed by atoms with van der Waals surface area (Å²) in [4.78, 5) is 14.5. The lowest BCUT2D eigenvalue weighted by Gasteiger charge is -2.12. The minimum Gasteiger partial charge on any atom is -0.490 e. The van der Waals surface area contributed by atoms with E-state index in [1.165, 1.54) is 6.08 Å². The summed E-state index contributed by atoms with van der Waals surface area (Å²) >= 11 is 0. The standard InChI is InChI=1S/C17H17NO4/c1-2-21-16-11-13(4-6-17(19)20)3-5-15(16)22-12-14-7-9-18-10-8-14/h3-11H,2,12H2,1H3,(H,19,20)/b6-4+. The molecule has 5 heteroatoms. The molecule has 0 aliphatic carbocycles. The molecule has 0 atom stereocenters. The molecule has 1 aromatic carbocycles. The zero-order chi connectivity index (χ0) is 15.8. The Balaban J connectivity index is 2.14. The third kappa shape index (κ3) is 4.63. The monoisotopic (exact) mass is 299 g/mol. The van der Waals surface area contributed by atoms with Crippen LogP contribution in [0, 0.1) is 0 Å². The third-order valence-electron chi connectivity index (χ3n) is 2.83. The highest BCUT2D eigenvalue weighted by Gasteiger charge is 2.06. The van der Waals surface area contributed by atoms with Gasteiger partial charge in [-0.05, 0) is 48.4 Å². The van der Waals surface area contributed by atoms with E-state index in [9.17, 15) is 4.79 Å². The fraction of sp³-hybridized carbons (Fsp3) is 0.176. The van der Waals surface area contributed by atoms with E-state index in [1.54, 1.807) is 30.6 Å². The van der Waals surface area contributed by atoms with Crippen molar-refractivity contribution in [1.82, 2.24) is 4.98 Å². The molecule has 0 radical (unpaired) electrons. The van der Waals surface area contributed by atoms with E-state index in [0.29, 0.717) is 24.7 Å². The lowest BCUT2D eigenvalue weighted by molar-refractivity contribution is -0.131. The molecule has 22 heavy (non-hydrogen) atoms. The van der Waals surface area contributed by atoms with E-state index in [4.69, 9.17) is 14.6 Å². The van der Waals surface area contributed by atoms with Gasteiger partial charge in [0.25, 0.3) is 0 Å². The van der Waals surface area contributed by atoms with Gasteiger partial charge >= 0.3 is 5.97 Å². The molecule has 2 rings (SSSR count). The summed E-state index contributed by atoms with van der Waals surface area (Å²) in [6.45, 7) is 2.79. The van der Waals surface area contributed by atoms with Crippen molar-refractivity contribution in [2.75, 3.05) is 6.61 Å². The van der Waals surface area contributed by atoms with Gasteiger partial charge in [0, 0.05) is 18.5 Å². The number of aromatic nitrogens is 1. The number of hydrogen-bond donors (Lipinski definition) is 1. The largest absolute Gasteiger partial charge is 0.490 e. The Kier molecular flexibility index (Phi) is 5.54. The first-order valence-electron chi connectivity index (χ1n) is 6.88. The van der Waals surface area contributed by atoms with Gasteiger partial charge in [0.2, 0.25) is 0 Å². The van der Waals surface area contributed by atoms with Crippen LogP contribution in [-0.2, 0) is 11.4 Å². The number of carbonyl (C=O) groups is 1. The molecule has 2 aromatic rings. The average molecular weight is 299 g/mol. The molecule has 5 nitrogen and oxygen atoms in total. The zero-order valence-corrected chi connectivity index (χ0v) is 12.2. The molecule has 114 valence electrons. The van der Waals surface area contributed by atoms with Gasteiger partial charge in [-0.1, -0.05) is 6.07 Å². The second-order valence-electron chi connectivity index (χ2n) is 4.45. The number of rotatable bonds is 7. The molecule has 0 bridgehead atoms. The molecule has 0 amide bonds. The minimum atomic E-state index is -0.990. The molecule has 1 aromatic heterocycles. The van der Waals surface area contributed by atoms with Crippen molar-refractivity contribution in [1.29, 1.82) is 0 Å². The predicted octanol–water partition coefficient (Wildman–Crippen LogP) is 3.16. The van der Waals surface area contributed by atoms with Crippen molar-refractivity contribution in [3.63, 3.8) is 0 Å². The number of pyridine rings is 1.